The molecule has 4 heteroatoms. The van der Waals surface area contributed by atoms with Crippen LogP contribution in [0.3, 0.4) is 0 Å². The van der Waals surface area contributed by atoms with Gasteiger partial charge < -0.3 is 5.32 Å². The summed E-state index contributed by atoms with van der Waals surface area (Å²) in [4.78, 5) is 11.7. The fourth-order valence-electron chi connectivity index (χ4n) is 1.31. The highest BCUT2D eigenvalue weighted by molar-refractivity contribution is 6.30. The molecule has 0 bridgehead atoms. The first-order valence-corrected chi connectivity index (χ1v) is 6.01. The van der Waals surface area contributed by atoms with Crippen molar-refractivity contribution in [3.63, 3.8) is 0 Å². The van der Waals surface area contributed by atoms with Crippen molar-refractivity contribution in [2.24, 2.45) is 5.92 Å². The first kappa shape index (κ1) is 14.0. The van der Waals surface area contributed by atoms with Gasteiger partial charge in [0.05, 0.1) is 6.42 Å². The van der Waals surface area contributed by atoms with Crippen LogP contribution in [0.2, 0.25) is 5.02 Å². The Bertz CT molecular complexity index is 406. The molecule has 0 spiro atoms. The highest BCUT2D eigenvalue weighted by Crippen LogP contribution is 2.15. The highest BCUT2D eigenvalue weighted by atomic mass is 35.5. The molecule has 94 valence electrons. The summed E-state index contributed by atoms with van der Waals surface area (Å²) in [7, 11) is 0. The third-order valence-corrected chi connectivity index (χ3v) is 2.99. The molecule has 0 saturated carbocycles. The van der Waals surface area contributed by atoms with Gasteiger partial charge in [0.2, 0.25) is 5.91 Å². The Morgan fingerprint density at radius 3 is 2.59 bits per heavy atom. The van der Waals surface area contributed by atoms with E-state index in [2.05, 4.69) is 5.32 Å². The normalized spacial score (nSPS) is 12.6. The first-order valence-electron chi connectivity index (χ1n) is 5.63. The minimum atomic E-state index is -0.440. The van der Waals surface area contributed by atoms with E-state index in [9.17, 15) is 9.18 Å². The van der Waals surface area contributed by atoms with Gasteiger partial charge in [-0.3, -0.25) is 4.79 Å². The molecule has 0 saturated heterocycles. The molecule has 1 amide bonds. The quantitative estimate of drug-likeness (QED) is 0.882. The molecule has 1 aromatic carbocycles. The van der Waals surface area contributed by atoms with Crippen molar-refractivity contribution in [3.05, 3.63) is 34.6 Å². The molecule has 1 N–H and O–H groups in total. The number of carbonyl (C=O) groups is 1. The van der Waals surface area contributed by atoms with Gasteiger partial charge in [0, 0.05) is 11.1 Å². The van der Waals surface area contributed by atoms with Crippen LogP contribution in [0.25, 0.3) is 0 Å². The van der Waals surface area contributed by atoms with E-state index >= 15 is 0 Å². The number of nitrogens with one attached hydrogen (secondary N) is 1. The molecule has 0 radical (unpaired) electrons. The lowest BCUT2D eigenvalue weighted by Crippen LogP contribution is -2.37. The Labute approximate surface area is 106 Å². The van der Waals surface area contributed by atoms with Gasteiger partial charge in [-0.2, -0.15) is 0 Å². The number of carbonyl (C=O) groups excluding carboxylic acids is 1. The van der Waals surface area contributed by atoms with E-state index in [1.807, 2.05) is 20.8 Å². The zero-order valence-electron chi connectivity index (χ0n) is 10.3. The van der Waals surface area contributed by atoms with Crippen LogP contribution in [0.4, 0.5) is 4.39 Å². The summed E-state index contributed by atoms with van der Waals surface area (Å²) < 4.78 is 13.4. The van der Waals surface area contributed by atoms with E-state index in [0.717, 1.165) is 0 Å². The fraction of sp³-hybridized carbons (Fsp3) is 0.462. The summed E-state index contributed by atoms with van der Waals surface area (Å²) >= 11 is 5.64. The second-order valence-corrected chi connectivity index (χ2v) is 4.95. The van der Waals surface area contributed by atoms with Crippen LogP contribution < -0.4 is 5.32 Å². The number of hydrogen-bond acceptors (Lipinski definition) is 1. The lowest BCUT2D eigenvalue weighted by atomic mass is 10.1. The summed E-state index contributed by atoms with van der Waals surface area (Å²) in [6.45, 7) is 5.97. The number of benzene rings is 1. The zero-order chi connectivity index (χ0) is 13.0. The molecule has 2 nitrogen and oxygen atoms in total. The van der Waals surface area contributed by atoms with Crippen molar-refractivity contribution >= 4 is 17.5 Å². The van der Waals surface area contributed by atoms with Gasteiger partial charge in [0.15, 0.2) is 0 Å². The molecule has 17 heavy (non-hydrogen) atoms. The summed E-state index contributed by atoms with van der Waals surface area (Å²) in [5.74, 6) is -0.258. The molecule has 0 aliphatic rings. The van der Waals surface area contributed by atoms with Gasteiger partial charge in [0.25, 0.3) is 0 Å². The summed E-state index contributed by atoms with van der Waals surface area (Å²) in [5.41, 5.74) is 0.364. The molecule has 0 aliphatic carbocycles. The van der Waals surface area contributed by atoms with E-state index in [0.29, 0.717) is 16.5 Å². The van der Waals surface area contributed by atoms with Gasteiger partial charge >= 0.3 is 0 Å². The molecular weight excluding hydrogens is 241 g/mol. The Morgan fingerprint density at radius 1 is 1.41 bits per heavy atom. The average molecular weight is 258 g/mol. The van der Waals surface area contributed by atoms with Gasteiger partial charge in [-0.1, -0.05) is 31.5 Å². The summed E-state index contributed by atoms with van der Waals surface area (Å²) in [6.07, 6.45) is 0.0417. The maximum absolute atomic E-state index is 13.4. The third kappa shape index (κ3) is 4.35. The second kappa shape index (κ2) is 6.01. The summed E-state index contributed by atoms with van der Waals surface area (Å²) in [6, 6.07) is 4.42. The molecule has 0 unspecified atom stereocenters. The van der Waals surface area contributed by atoms with Crippen molar-refractivity contribution in [3.8, 4) is 0 Å². The standard InChI is InChI=1S/C13H17ClFNO/c1-8(2)9(3)16-13(17)6-10-4-5-11(14)7-12(10)15/h4-5,7-9H,6H2,1-3H3,(H,16,17)/t9-/m1/s1. The van der Waals surface area contributed by atoms with E-state index in [-0.39, 0.29) is 18.4 Å². The van der Waals surface area contributed by atoms with E-state index in [1.165, 1.54) is 12.1 Å². The molecule has 0 aliphatic heterocycles. The van der Waals surface area contributed by atoms with E-state index in [1.54, 1.807) is 6.07 Å². The van der Waals surface area contributed by atoms with Crippen LogP contribution in [-0.4, -0.2) is 11.9 Å². The molecule has 0 fully saturated rings. The number of halogens is 2. The van der Waals surface area contributed by atoms with Crippen LogP contribution in [0, 0.1) is 11.7 Å². The molecule has 1 atom stereocenters. The van der Waals surface area contributed by atoms with Gasteiger partial charge in [0.1, 0.15) is 5.82 Å². The predicted octanol–water partition coefficient (Wildman–Crippen LogP) is 3.18. The number of amides is 1. The first-order chi connectivity index (χ1) is 7.90. The highest BCUT2D eigenvalue weighted by Gasteiger charge is 2.13. The van der Waals surface area contributed by atoms with Gasteiger partial charge in [-0.25, -0.2) is 4.39 Å². The monoisotopic (exact) mass is 257 g/mol. The van der Waals surface area contributed by atoms with Crippen molar-refractivity contribution in [2.45, 2.75) is 33.2 Å². The second-order valence-electron chi connectivity index (χ2n) is 4.51. The largest absolute Gasteiger partial charge is 0.353 e. The average Bonchev–Trinajstić information content (AvgIpc) is 2.22. The Hall–Kier alpha value is -1.09. The summed E-state index contributed by atoms with van der Waals surface area (Å²) in [5, 5.41) is 3.17. The van der Waals surface area contributed by atoms with Crippen molar-refractivity contribution < 1.29 is 9.18 Å². The molecule has 1 rings (SSSR count). The number of rotatable bonds is 4. The van der Waals surface area contributed by atoms with Crippen LogP contribution in [0.15, 0.2) is 18.2 Å². The Balaban J connectivity index is 2.62. The molecular formula is C13H17ClFNO. The molecule has 1 aromatic rings. The van der Waals surface area contributed by atoms with Crippen LogP contribution in [0.5, 0.6) is 0 Å². The maximum Gasteiger partial charge on any atom is 0.224 e. The topological polar surface area (TPSA) is 29.1 Å². The number of hydrogen-bond donors (Lipinski definition) is 1. The van der Waals surface area contributed by atoms with E-state index < -0.39 is 5.82 Å². The lowest BCUT2D eigenvalue weighted by Gasteiger charge is -2.17. The van der Waals surface area contributed by atoms with Gasteiger partial charge in [-0.15, -0.1) is 0 Å². The predicted molar refractivity (Wildman–Crippen MR) is 67.6 cm³/mol. The Kier molecular flexibility index (Phi) is 4.94. The van der Waals surface area contributed by atoms with E-state index in [4.69, 9.17) is 11.6 Å². The maximum atomic E-state index is 13.4. The molecule has 0 aromatic heterocycles. The van der Waals surface area contributed by atoms with Crippen molar-refractivity contribution in [1.29, 1.82) is 0 Å². The third-order valence-electron chi connectivity index (χ3n) is 2.75. The zero-order valence-corrected chi connectivity index (χ0v) is 11.0. The SMILES string of the molecule is CC(C)[C@@H](C)NC(=O)Cc1ccc(Cl)cc1F. The lowest BCUT2D eigenvalue weighted by molar-refractivity contribution is -0.121. The van der Waals surface area contributed by atoms with Gasteiger partial charge in [-0.05, 0) is 30.5 Å². The minimum absolute atomic E-state index is 0.0417. The minimum Gasteiger partial charge on any atom is -0.353 e. The molecule has 0 heterocycles. The van der Waals surface area contributed by atoms with Crippen LogP contribution in [0.1, 0.15) is 26.3 Å². The Morgan fingerprint density at radius 2 is 2.06 bits per heavy atom. The van der Waals surface area contributed by atoms with Crippen LogP contribution >= 0.6 is 11.6 Å². The van der Waals surface area contributed by atoms with Crippen molar-refractivity contribution in [2.75, 3.05) is 0 Å². The smallest absolute Gasteiger partial charge is 0.224 e. The van der Waals surface area contributed by atoms with Crippen molar-refractivity contribution in [1.82, 2.24) is 5.32 Å². The van der Waals surface area contributed by atoms with Crippen LogP contribution in [-0.2, 0) is 11.2 Å². The fourth-order valence-corrected chi connectivity index (χ4v) is 1.47.